The summed E-state index contributed by atoms with van der Waals surface area (Å²) in [5, 5.41) is 3.37. The van der Waals surface area contributed by atoms with Gasteiger partial charge in [0, 0.05) is 41.7 Å². The normalized spacial score (nSPS) is 23.8. The Morgan fingerprint density at radius 1 is 1.19 bits per heavy atom. The molecule has 2 saturated heterocycles. The monoisotopic (exact) mass is 389 g/mol. The maximum absolute atomic E-state index is 12.0. The number of alkyl halides is 3. The van der Waals surface area contributed by atoms with Crippen LogP contribution < -0.4 is 0 Å². The number of hydrogen-bond donors (Lipinski definition) is 0. The first-order chi connectivity index (χ1) is 12.3. The summed E-state index contributed by atoms with van der Waals surface area (Å²) in [6.07, 6.45) is 5.94. The molecule has 4 rings (SSSR count). The van der Waals surface area contributed by atoms with Gasteiger partial charge in [-0.1, -0.05) is 19.3 Å². The topological polar surface area (TPSA) is 21.1 Å². The Bertz CT molecular complexity index is 575. The van der Waals surface area contributed by atoms with Crippen molar-refractivity contribution in [3.05, 3.63) is 18.0 Å². The number of aromatic nitrogens is 2. The first kappa shape index (κ1) is 20.1. The van der Waals surface area contributed by atoms with Crippen LogP contribution in [0.4, 0.5) is 13.2 Å². The first-order valence-corrected chi connectivity index (χ1v) is 10.9. The van der Waals surface area contributed by atoms with Gasteiger partial charge in [-0.3, -0.25) is 9.58 Å². The fourth-order valence-corrected chi connectivity index (χ4v) is 5.38. The molecule has 0 atom stereocenters. The second kappa shape index (κ2) is 8.13. The largest absolute Gasteiger partial charge is 0.435 e. The van der Waals surface area contributed by atoms with E-state index >= 15 is 0 Å². The smallest absolute Gasteiger partial charge is 0.300 e. The molecule has 26 heavy (non-hydrogen) atoms. The van der Waals surface area contributed by atoms with E-state index < -0.39 is 11.9 Å². The van der Waals surface area contributed by atoms with E-state index in [4.69, 9.17) is 0 Å². The molecule has 1 aliphatic carbocycles. The molecule has 3 nitrogen and oxygen atoms in total. The van der Waals surface area contributed by atoms with E-state index in [0.717, 1.165) is 17.5 Å². The van der Waals surface area contributed by atoms with Crippen LogP contribution >= 0.6 is 11.8 Å². The Labute approximate surface area is 158 Å². The molecular formula is C19H30F3N3S. The summed E-state index contributed by atoms with van der Waals surface area (Å²) in [4.78, 5) is 2.82. The highest BCUT2D eigenvalue weighted by Gasteiger charge is 2.45. The Morgan fingerprint density at radius 2 is 1.88 bits per heavy atom. The highest BCUT2D eigenvalue weighted by molar-refractivity contribution is 8.00. The van der Waals surface area contributed by atoms with Crippen molar-refractivity contribution in [2.75, 3.05) is 24.6 Å². The molecule has 3 fully saturated rings. The predicted octanol–water partition coefficient (Wildman–Crippen LogP) is 5.24. The zero-order valence-electron chi connectivity index (χ0n) is 15.8. The molecule has 1 saturated carbocycles. The molecule has 0 radical (unpaired) electrons. The van der Waals surface area contributed by atoms with Crippen LogP contribution in [-0.2, 0) is 6.18 Å². The van der Waals surface area contributed by atoms with Gasteiger partial charge < -0.3 is 0 Å². The average Bonchev–Trinajstić information content (AvgIpc) is 3.23. The lowest BCUT2D eigenvalue weighted by molar-refractivity contribution is -0.141. The molecule has 2 aliphatic heterocycles. The van der Waals surface area contributed by atoms with Gasteiger partial charge in [0.15, 0.2) is 5.69 Å². The van der Waals surface area contributed by atoms with Crippen LogP contribution in [0.1, 0.15) is 64.1 Å². The van der Waals surface area contributed by atoms with E-state index in [2.05, 4.69) is 21.8 Å². The van der Waals surface area contributed by atoms with Crippen molar-refractivity contribution in [2.45, 2.75) is 70.6 Å². The fraction of sp³-hybridized carbons (Fsp3) is 0.842. The average molecular weight is 390 g/mol. The van der Waals surface area contributed by atoms with Crippen LogP contribution in [0.25, 0.3) is 0 Å². The number of hydrogen-bond acceptors (Lipinski definition) is 3. The number of thioether (sulfide) groups is 1. The summed E-state index contributed by atoms with van der Waals surface area (Å²) < 4.78 is 37.2. The fourth-order valence-electron chi connectivity index (χ4n) is 4.13. The van der Waals surface area contributed by atoms with Gasteiger partial charge in [-0.15, -0.1) is 0 Å². The van der Waals surface area contributed by atoms with Crippen molar-refractivity contribution in [1.82, 2.24) is 14.7 Å². The summed E-state index contributed by atoms with van der Waals surface area (Å²) in [6.45, 7) is 6.39. The molecule has 3 aliphatic rings. The Balaban J connectivity index is 0.000000153. The molecule has 0 unspecified atom stereocenters. The quantitative estimate of drug-likeness (QED) is 0.690. The molecular weight excluding hydrogens is 359 g/mol. The van der Waals surface area contributed by atoms with Crippen molar-refractivity contribution in [2.24, 2.45) is 5.41 Å². The van der Waals surface area contributed by atoms with Crippen LogP contribution in [-0.4, -0.2) is 45.3 Å². The number of likely N-dealkylation sites (tertiary alicyclic amines) is 1. The zero-order chi connectivity index (χ0) is 18.8. The van der Waals surface area contributed by atoms with Crippen LogP contribution in [0.3, 0.4) is 0 Å². The molecule has 148 valence electrons. The van der Waals surface area contributed by atoms with Crippen LogP contribution in [0, 0.1) is 5.41 Å². The second-order valence-corrected chi connectivity index (χ2v) is 9.26. The first-order valence-electron chi connectivity index (χ1n) is 9.73. The van der Waals surface area contributed by atoms with Gasteiger partial charge in [-0.2, -0.15) is 30.0 Å². The molecule has 7 heteroatoms. The summed E-state index contributed by atoms with van der Waals surface area (Å²) >= 11 is 2.16. The lowest BCUT2D eigenvalue weighted by Crippen LogP contribution is -2.41. The van der Waals surface area contributed by atoms with Crippen molar-refractivity contribution >= 4 is 11.8 Å². The van der Waals surface area contributed by atoms with E-state index in [1.54, 1.807) is 13.8 Å². The van der Waals surface area contributed by atoms with E-state index in [1.807, 2.05) is 0 Å². The zero-order valence-corrected chi connectivity index (χ0v) is 16.6. The van der Waals surface area contributed by atoms with Gasteiger partial charge in [0.25, 0.3) is 0 Å². The van der Waals surface area contributed by atoms with Gasteiger partial charge in [0.2, 0.25) is 0 Å². The minimum Gasteiger partial charge on any atom is -0.300 e. The Hall–Kier alpha value is -0.690. The Morgan fingerprint density at radius 3 is 2.31 bits per heavy atom. The summed E-state index contributed by atoms with van der Waals surface area (Å²) in [5.41, 5.74) is -0.0570. The predicted molar refractivity (Wildman–Crippen MR) is 100 cm³/mol. The van der Waals surface area contributed by atoms with Crippen molar-refractivity contribution in [3.8, 4) is 0 Å². The lowest BCUT2D eigenvalue weighted by atomic mass is 9.90. The lowest BCUT2D eigenvalue weighted by Gasteiger charge is -2.39. The molecule has 1 spiro atoms. The van der Waals surface area contributed by atoms with Crippen LogP contribution in [0.15, 0.2) is 12.3 Å². The van der Waals surface area contributed by atoms with E-state index in [1.165, 1.54) is 74.0 Å². The maximum Gasteiger partial charge on any atom is 0.435 e. The minimum absolute atomic E-state index is 0.0406. The molecule has 1 aromatic heterocycles. The summed E-state index contributed by atoms with van der Waals surface area (Å²) in [6, 6.07) is 1.90. The van der Waals surface area contributed by atoms with Crippen molar-refractivity contribution < 1.29 is 13.2 Å². The van der Waals surface area contributed by atoms with Gasteiger partial charge in [-0.05, 0) is 45.7 Å². The van der Waals surface area contributed by atoms with E-state index in [9.17, 15) is 13.2 Å². The molecule has 0 bridgehead atoms. The highest BCUT2D eigenvalue weighted by atomic mass is 32.2. The molecule has 0 N–H and O–H groups in total. The summed E-state index contributed by atoms with van der Waals surface area (Å²) in [7, 11) is 0. The molecule has 0 aromatic carbocycles. The summed E-state index contributed by atoms with van der Waals surface area (Å²) in [5.74, 6) is 2.91. The van der Waals surface area contributed by atoms with E-state index in [-0.39, 0.29) is 6.04 Å². The van der Waals surface area contributed by atoms with Crippen LogP contribution in [0.2, 0.25) is 0 Å². The van der Waals surface area contributed by atoms with Gasteiger partial charge in [0.1, 0.15) is 0 Å². The molecule has 3 heterocycles. The van der Waals surface area contributed by atoms with Gasteiger partial charge in [0.05, 0.1) is 0 Å². The highest BCUT2D eigenvalue weighted by Crippen LogP contribution is 2.46. The maximum atomic E-state index is 12.0. The van der Waals surface area contributed by atoms with Gasteiger partial charge in [-0.25, -0.2) is 0 Å². The van der Waals surface area contributed by atoms with Gasteiger partial charge >= 0.3 is 6.18 Å². The minimum atomic E-state index is -4.33. The van der Waals surface area contributed by atoms with Crippen LogP contribution in [0.5, 0.6) is 0 Å². The number of halogens is 3. The van der Waals surface area contributed by atoms with Crippen molar-refractivity contribution in [1.29, 1.82) is 0 Å². The van der Waals surface area contributed by atoms with Crippen molar-refractivity contribution in [3.63, 3.8) is 0 Å². The second-order valence-electron chi connectivity index (χ2n) is 8.28. The third kappa shape index (κ3) is 4.77. The number of nitrogens with zero attached hydrogens (tertiary/aromatic N) is 3. The Kier molecular flexibility index (Phi) is 6.27. The molecule has 1 aromatic rings. The third-order valence-corrected chi connectivity index (χ3v) is 7.44. The molecule has 0 amide bonds. The third-order valence-electron chi connectivity index (χ3n) is 5.80. The standard InChI is InChI=1S/C12H21NS.C7H9F3N2/c1-2-4-11(5-3-1)13-7-6-12(8-13)9-14-10-12;1-5(2)12-4-3-6(11-12)7(8,9)10/h11H,1-10H2;3-5H,1-2H3. The number of rotatable bonds is 2. The SMILES string of the molecule is C1CCC(N2CCC3(CSC3)C2)CC1.CC(C)n1ccc(C(F)(F)F)n1. The van der Waals surface area contributed by atoms with E-state index in [0.29, 0.717) is 0 Å².